The van der Waals surface area contributed by atoms with Crippen molar-refractivity contribution in [1.82, 2.24) is 9.97 Å². The van der Waals surface area contributed by atoms with E-state index in [-0.39, 0.29) is 16.3 Å². The van der Waals surface area contributed by atoms with E-state index in [2.05, 4.69) is 16.0 Å². The first-order valence-electron chi connectivity index (χ1n) is 8.16. The Morgan fingerprint density at radius 3 is 2.82 bits per heavy atom. The molecule has 2 aromatic heterocycles. The summed E-state index contributed by atoms with van der Waals surface area (Å²) in [5.74, 6) is 1.09. The highest BCUT2D eigenvalue weighted by atomic mass is 35.5. The Morgan fingerprint density at radius 1 is 1.25 bits per heavy atom. The second kappa shape index (κ2) is 7.02. The van der Waals surface area contributed by atoms with Crippen LogP contribution < -0.4 is 0 Å². The van der Waals surface area contributed by atoms with E-state index >= 15 is 0 Å². The predicted molar refractivity (Wildman–Crippen MR) is 105 cm³/mol. The van der Waals surface area contributed by atoms with Crippen LogP contribution in [-0.2, 0) is 0 Å². The minimum atomic E-state index is -0.519. The molecule has 0 bridgehead atoms. The molecule has 2 aromatic carbocycles. The van der Waals surface area contributed by atoms with Crippen molar-refractivity contribution in [3.8, 4) is 17.4 Å². The fraction of sp³-hybridized carbons (Fsp3) is 0. The second-order valence-corrected chi connectivity index (χ2v) is 6.33. The molecule has 0 radical (unpaired) electrons. The van der Waals surface area contributed by atoms with E-state index in [9.17, 15) is 15.4 Å². The number of halogens is 1. The predicted octanol–water partition coefficient (Wildman–Crippen LogP) is 5.45. The van der Waals surface area contributed by atoms with Gasteiger partial charge in [-0.05, 0) is 36.4 Å². The molecular formula is C20H11ClN4O3. The van der Waals surface area contributed by atoms with Crippen LogP contribution in [0.25, 0.3) is 34.0 Å². The zero-order chi connectivity index (χ0) is 19.7. The molecule has 0 atom stereocenters. The van der Waals surface area contributed by atoms with Gasteiger partial charge in [-0.25, -0.2) is 4.98 Å². The summed E-state index contributed by atoms with van der Waals surface area (Å²) in [5.41, 5.74) is 1.99. The van der Waals surface area contributed by atoms with Crippen molar-refractivity contribution in [1.29, 1.82) is 5.26 Å². The van der Waals surface area contributed by atoms with Crippen molar-refractivity contribution < 1.29 is 9.34 Å². The Balaban J connectivity index is 1.73. The number of nitro benzene ring substituents is 1. The molecule has 0 saturated carbocycles. The van der Waals surface area contributed by atoms with Crippen molar-refractivity contribution in [2.24, 2.45) is 0 Å². The highest BCUT2D eigenvalue weighted by Crippen LogP contribution is 2.34. The van der Waals surface area contributed by atoms with Crippen LogP contribution >= 0.6 is 11.6 Å². The highest BCUT2D eigenvalue weighted by molar-refractivity contribution is 6.30. The van der Waals surface area contributed by atoms with Gasteiger partial charge in [0.15, 0.2) is 0 Å². The number of H-pyrrole nitrogens is 1. The van der Waals surface area contributed by atoms with Gasteiger partial charge < -0.3 is 9.40 Å². The van der Waals surface area contributed by atoms with Crippen LogP contribution in [0.5, 0.6) is 0 Å². The number of nitrogens with zero attached hydrogens (tertiary/aromatic N) is 3. The lowest BCUT2D eigenvalue weighted by atomic mass is 10.1. The lowest BCUT2D eigenvalue weighted by Crippen LogP contribution is -1.91. The van der Waals surface area contributed by atoms with Gasteiger partial charge in [-0.1, -0.05) is 23.7 Å². The van der Waals surface area contributed by atoms with E-state index in [4.69, 9.17) is 16.0 Å². The minimum Gasteiger partial charge on any atom is -0.456 e. The van der Waals surface area contributed by atoms with Crippen LogP contribution in [0.2, 0.25) is 5.02 Å². The number of aromatic amines is 1. The molecule has 0 aliphatic heterocycles. The lowest BCUT2D eigenvalue weighted by molar-refractivity contribution is -0.384. The van der Waals surface area contributed by atoms with Gasteiger partial charge in [-0.15, -0.1) is 0 Å². The number of para-hydroxylation sites is 2. The summed E-state index contributed by atoms with van der Waals surface area (Å²) in [4.78, 5) is 18.3. The number of nitriles is 1. The maximum Gasteiger partial charge on any atom is 0.281 e. The van der Waals surface area contributed by atoms with Crippen LogP contribution in [0.4, 0.5) is 5.69 Å². The van der Waals surface area contributed by atoms with Gasteiger partial charge in [0.25, 0.3) is 5.69 Å². The van der Waals surface area contributed by atoms with Gasteiger partial charge in [0.05, 0.1) is 27.1 Å². The molecule has 8 heteroatoms. The standard InChI is InChI=1S/C20H11ClN4O3/c21-13-5-7-15(18(10-13)25(26)27)19-8-6-14(28-19)9-12(11-22)20-23-16-3-1-2-4-17(16)24-20/h1-10H,(H,23,24)/b12-9+. The molecule has 4 rings (SSSR count). The van der Waals surface area contributed by atoms with E-state index in [1.54, 1.807) is 18.2 Å². The van der Waals surface area contributed by atoms with E-state index in [0.29, 0.717) is 22.9 Å². The molecule has 7 nitrogen and oxygen atoms in total. The highest BCUT2D eigenvalue weighted by Gasteiger charge is 2.19. The molecule has 1 N–H and O–H groups in total. The zero-order valence-electron chi connectivity index (χ0n) is 14.2. The number of benzene rings is 2. The first-order valence-corrected chi connectivity index (χ1v) is 8.54. The van der Waals surface area contributed by atoms with Gasteiger partial charge in [0.1, 0.15) is 23.4 Å². The molecule has 4 aromatic rings. The zero-order valence-corrected chi connectivity index (χ0v) is 15.0. The normalized spacial score (nSPS) is 11.5. The van der Waals surface area contributed by atoms with Crippen LogP contribution in [0.3, 0.4) is 0 Å². The summed E-state index contributed by atoms with van der Waals surface area (Å²) in [7, 11) is 0. The van der Waals surface area contributed by atoms with E-state index < -0.39 is 4.92 Å². The third kappa shape index (κ3) is 3.24. The first-order chi connectivity index (χ1) is 13.5. The smallest absolute Gasteiger partial charge is 0.281 e. The summed E-state index contributed by atoms with van der Waals surface area (Å²) in [6, 6.07) is 17.1. The summed E-state index contributed by atoms with van der Waals surface area (Å²) in [6.07, 6.45) is 1.53. The molecule has 0 unspecified atom stereocenters. The lowest BCUT2D eigenvalue weighted by Gasteiger charge is -2.00. The molecule has 0 aliphatic rings. The first kappa shape index (κ1) is 17.5. The maximum atomic E-state index is 11.3. The van der Waals surface area contributed by atoms with Crippen molar-refractivity contribution in [2.45, 2.75) is 0 Å². The average molecular weight is 391 g/mol. The van der Waals surface area contributed by atoms with E-state index in [1.165, 1.54) is 18.2 Å². The van der Waals surface area contributed by atoms with Crippen molar-refractivity contribution in [3.05, 3.63) is 81.3 Å². The largest absolute Gasteiger partial charge is 0.456 e. The molecule has 0 saturated heterocycles. The fourth-order valence-corrected chi connectivity index (χ4v) is 2.98. The summed E-state index contributed by atoms with van der Waals surface area (Å²) in [5, 5.41) is 21.1. The SMILES string of the molecule is N#C/C(=C\c1ccc(-c2ccc(Cl)cc2[N+](=O)[O-])o1)c1nc2ccccc2[nH]1. The molecule has 0 amide bonds. The van der Waals surface area contributed by atoms with Crippen molar-refractivity contribution in [2.75, 3.05) is 0 Å². The molecule has 0 fully saturated rings. The number of furan rings is 1. The Labute approximate surface area is 163 Å². The number of hydrogen-bond acceptors (Lipinski definition) is 5. The van der Waals surface area contributed by atoms with E-state index in [1.807, 2.05) is 24.3 Å². The van der Waals surface area contributed by atoms with Crippen molar-refractivity contribution >= 4 is 40.0 Å². The fourth-order valence-electron chi connectivity index (χ4n) is 2.82. The number of nitrogens with one attached hydrogen (secondary N) is 1. The van der Waals surface area contributed by atoms with Gasteiger partial charge in [0.2, 0.25) is 0 Å². The van der Waals surface area contributed by atoms with Gasteiger partial charge in [0, 0.05) is 17.2 Å². The Hall–Kier alpha value is -3.89. The Morgan fingerprint density at radius 2 is 2.07 bits per heavy atom. The Bertz CT molecular complexity index is 1250. The topological polar surface area (TPSA) is 109 Å². The van der Waals surface area contributed by atoms with Gasteiger partial charge in [-0.3, -0.25) is 10.1 Å². The van der Waals surface area contributed by atoms with Gasteiger partial charge >= 0.3 is 0 Å². The number of allylic oxidation sites excluding steroid dienone is 1. The van der Waals surface area contributed by atoms with Crippen molar-refractivity contribution in [3.63, 3.8) is 0 Å². The molecule has 0 spiro atoms. The Kier molecular flexibility index (Phi) is 4.39. The van der Waals surface area contributed by atoms with Gasteiger partial charge in [-0.2, -0.15) is 5.26 Å². The van der Waals surface area contributed by atoms with Crippen LogP contribution in [0.15, 0.2) is 59.0 Å². The molecule has 136 valence electrons. The number of hydrogen-bond donors (Lipinski definition) is 1. The van der Waals surface area contributed by atoms with Crippen LogP contribution in [-0.4, -0.2) is 14.9 Å². The number of fused-ring (bicyclic) bond motifs is 1. The molecule has 28 heavy (non-hydrogen) atoms. The number of imidazole rings is 1. The molecule has 2 heterocycles. The summed E-state index contributed by atoms with van der Waals surface area (Å²) >= 11 is 5.85. The number of aromatic nitrogens is 2. The third-order valence-electron chi connectivity index (χ3n) is 4.10. The third-order valence-corrected chi connectivity index (χ3v) is 4.34. The van der Waals surface area contributed by atoms with E-state index in [0.717, 1.165) is 11.0 Å². The maximum absolute atomic E-state index is 11.3. The van der Waals surface area contributed by atoms with Crippen LogP contribution in [0, 0.1) is 21.4 Å². The summed E-state index contributed by atoms with van der Waals surface area (Å²) < 4.78 is 5.71. The number of nitro groups is 1. The monoisotopic (exact) mass is 390 g/mol. The summed E-state index contributed by atoms with van der Waals surface area (Å²) in [6.45, 7) is 0. The molecule has 0 aliphatic carbocycles. The van der Waals surface area contributed by atoms with Crippen LogP contribution in [0.1, 0.15) is 11.6 Å². The second-order valence-electron chi connectivity index (χ2n) is 5.89. The molecular weight excluding hydrogens is 380 g/mol. The minimum absolute atomic E-state index is 0.157. The number of rotatable bonds is 4. The average Bonchev–Trinajstić information content (AvgIpc) is 3.32. The quantitative estimate of drug-likeness (QED) is 0.283.